The number of rotatable bonds is 4. The van der Waals surface area contributed by atoms with Crippen LogP contribution in [0.25, 0.3) is 0 Å². The van der Waals surface area contributed by atoms with Crippen molar-refractivity contribution in [1.82, 2.24) is 0 Å². The molecule has 0 heterocycles. The molecule has 0 aromatic carbocycles. The summed E-state index contributed by atoms with van der Waals surface area (Å²) in [4.78, 5) is 0. The summed E-state index contributed by atoms with van der Waals surface area (Å²) in [6.07, 6.45) is 5.58. The van der Waals surface area contributed by atoms with E-state index < -0.39 is 0 Å². The van der Waals surface area contributed by atoms with Gasteiger partial charge in [0.05, 0.1) is 6.07 Å². The van der Waals surface area contributed by atoms with Crippen molar-refractivity contribution < 1.29 is 0 Å². The smallest absolute Gasteiger partial charge is 0.101 e. The van der Waals surface area contributed by atoms with Crippen LogP contribution >= 0.6 is 0 Å². The topological polar surface area (TPSA) is 23.8 Å². The SMILES string of the molecule is BCCCCCC#N. The Kier molecular flexibility index (Phi) is 6.19. The van der Waals surface area contributed by atoms with Crippen LogP contribution in [0, 0.1) is 11.3 Å². The molecule has 0 aromatic heterocycles. The molecule has 0 aliphatic rings. The summed E-state index contributed by atoms with van der Waals surface area (Å²) in [5.41, 5.74) is 0. The van der Waals surface area contributed by atoms with E-state index in [0.717, 1.165) is 12.8 Å². The molecule has 0 rings (SSSR count). The molecule has 0 bridgehead atoms. The van der Waals surface area contributed by atoms with Crippen molar-refractivity contribution >= 4 is 7.85 Å². The Hall–Kier alpha value is -0.445. The van der Waals surface area contributed by atoms with Crippen LogP contribution in [0.4, 0.5) is 0 Å². The van der Waals surface area contributed by atoms with Gasteiger partial charge in [0.15, 0.2) is 0 Å². The third-order valence-electron chi connectivity index (χ3n) is 1.14. The Morgan fingerprint density at radius 3 is 2.50 bits per heavy atom. The van der Waals surface area contributed by atoms with Gasteiger partial charge in [-0.05, 0) is 6.42 Å². The maximum absolute atomic E-state index is 8.12. The van der Waals surface area contributed by atoms with Crippen molar-refractivity contribution in [2.75, 3.05) is 0 Å². The highest BCUT2D eigenvalue weighted by atomic mass is 14.2. The quantitative estimate of drug-likeness (QED) is 0.392. The average molecular weight is 109 g/mol. The fourth-order valence-corrected chi connectivity index (χ4v) is 0.631. The second-order valence-electron chi connectivity index (χ2n) is 1.97. The second kappa shape index (κ2) is 6.55. The van der Waals surface area contributed by atoms with E-state index in [1.807, 2.05) is 0 Å². The van der Waals surface area contributed by atoms with E-state index in [4.69, 9.17) is 5.26 Å². The minimum atomic E-state index is 0.736. The molecule has 0 radical (unpaired) electrons. The van der Waals surface area contributed by atoms with Crippen LogP contribution in [0.2, 0.25) is 6.32 Å². The highest BCUT2D eigenvalue weighted by Gasteiger charge is 1.83. The van der Waals surface area contributed by atoms with Gasteiger partial charge in [0.25, 0.3) is 0 Å². The number of hydrogen-bond donors (Lipinski definition) is 0. The number of nitriles is 1. The van der Waals surface area contributed by atoms with Crippen LogP contribution < -0.4 is 0 Å². The summed E-state index contributed by atoms with van der Waals surface area (Å²) in [5.74, 6) is 0. The lowest BCUT2D eigenvalue weighted by molar-refractivity contribution is 0.733. The molecule has 0 aromatic rings. The molecule has 0 N–H and O–H groups in total. The van der Waals surface area contributed by atoms with Crippen molar-refractivity contribution in [2.24, 2.45) is 0 Å². The maximum Gasteiger partial charge on any atom is 0.101 e. The number of unbranched alkanes of at least 4 members (excludes halogenated alkanes) is 3. The van der Waals surface area contributed by atoms with Crippen molar-refractivity contribution in [3.63, 3.8) is 0 Å². The first-order valence-corrected chi connectivity index (χ1v) is 3.28. The molecule has 1 nitrogen and oxygen atoms in total. The highest BCUT2D eigenvalue weighted by Crippen LogP contribution is 1.99. The monoisotopic (exact) mass is 109 g/mol. The lowest BCUT2D eigenvalue weighted by Crippen LogP contribution is -1.74. The first kappa shape index (κ1) is 7.55. The molecule has 0 saturated heterocycles. The molecular weight excluding hydrogens is 96.9 g/mol. The largest absolute Gasteiger partial charge is 0.198 e. The number of hydrogen-bond acceptors (Lipinski definition) is 1. The second-order valence-corrected chi connectivity index (χ2v) is 1.97. The zero-order chi connectivity index (χ0) is 6.24. The van der Waals surface area contributed by atoms with Crippen LogP contribution in [0.3, 0.4) is 0 Å². The van der Waals surface area contributed by atoms with Gasteiger partial charge in [0, 0.05) is 6.42 Å². The van der Waals surface area contributed by atoms with Crippen LogP contribution in [-0.4, -0.2) is 7.85 Å². The molecular formula is C6H12BN. The van der Waals surface area contributed by atoms with E-state index in [1.165, 1.54) is 19.2 Å². The standard InChI is InChI=1S/C6H12BN/c7-5-3-1-2-4-6-8/h1-5,7H2. The summed E-state index contributed by atoms with van der Waals surface area (Å²) in [7, 11) is 2.17. The predicted molar refractivity (Wildman–Crippen MR) is 37.4 cm³/mol. The molecule has 0 aliphatic carbocycles. The van der Waals surface area contributed by atoms with Crippen molar-refractivity contribution in [3.8, 4) is 6.07 Å². The van der Waals surface area contributed by atoms with Crippen LogP contribution in [0.15, 0.2) is 0 Å². The molecule has 44 valence electrons. The van der Waals surface area contributed by atoms with Crippen molar-refractivity contribution in [2.45, 2.75) is 32.0 Å². The summed E-state index contributed by atoms with van der Waals surface area (Å²) < 4.78 is 0. The molecule has 0 saturated carbocycles. The van der Waals surface area contributed by atoms with E-state index in [1.54, 1.807) is 0 Å². The van der Waals surface area contributed by atoms with E-state index in [-0.39, 0.29) is 0 Å². The van der Waals surface area contributed by atoms with E-state index in [2.05, 4.69) is 13.9 Å². The third-order valence-corrected chi connectivity index (χ3v) is 1.14. The molecule has 0 aliphatic heterocycles. The first-order valence-electron chi connectivity index (χ1n) is 3.28. The lowest BCUT2D eigenvalue weighted by Gasteiger charge is -1.89. The highest BCUT2D eigenvalue weighted by molar-refractivity contribution is 6.08. The lowest BCUT2D eigenvalue weighted by atomic mass is 9.99. The molecule has 0 unspecified atom stereocenters. The van der Waals surface area contributed by atoms with Crippen molar-refractivity contribution in [3.05, 3.63) is 0 Å². The summed E-state index contributed by atoms with van der Waals surface area (Å²) in [6.45, 7) is 0. The van der Waals surface area contributed by atoms with Gasteiger partial charge in [-0.1, -0.05) is 19.2 Å². The fraction of sp³-hybridized carbons (Fsp3) is 0.833. The molecule has 0 atom stereocenters. The van der Waals surface area contributed by atoms with Gasteiger partial charge >= 0.3 is 0 Å². The third kappa shape index (κ3) is 5.55. The molecule has 2 heteroatoms. The Morgan fingerprint density at radius 1 is 1.25 bits per heavy atom. The van der Waals surface area contributed by atoms with Crippen LogP contribution in [0.1, 0.15) is 25.7 Å². The minimum Gasteiger partial charge on any atom is -0.198 e. The fourth-order valence-electron chi connectivity index (χ4n) is 0.631. The summed E-state index contributed by atoms with van der Waals surface area (Å²) in [5, 5.41) is 8.12. The Labute approximate surface area is 52.1 Å². The predicted octanol–water partition coefficient (Wildman–Crippen LogP) is 1.12. The zero-order valence-corrected chi connectivity index (χ0v) is 5.48. The van der Waals surface area contributed by atoms with Gasteiger partial charge in [0.1, 0.15) is 7.85 Å². The van der Waals surface area contributed by atoms with Gasteiger partial charge < -0.3 is 0 Å². The Bertz CT molecular complexity index is 75.1. The average Bonchev–Trinajstić information content (AvgIpc) is 1.81. The molecule has 8 heavy (non-hydrogen) atoms. The summed E-state index contributed by atoms with van der Waals surface area (Å²) in [6, 6.07) is 2.13. The van der Waals surface area contributed by atoms with Crippen LogP contribution in [-0.2, 0) is 0 Å². The van der Waals surface area contributed by atoms with Crippen LogP contribution in [0.5, 0.6) is 0 Å². The normalized spacial score (nSPS) is 8.38. The van der Waals surface area contributed by atoms with Gasteiger partial charge in [-0.3, -0.25) is 0 Å². The van der Waals surface area contributed by atoms with Gasteiger partial charge in [-0.2, -0.15) is 5.26 Å². The molecule has 0 fully saturated rings. The zero-order valence-electron chi connectivity index (χ0n) is 5.48. The van der Waals surface area contributed by atoms with E-state index >= 15 is 0 Å². The molecule has 0 spiro atoms. The summed E-state index contributed by atoms with van der Waals surface area (Å²) >= 11 is 0. The van der Waals surface area contributed by atoms with Crippen molar-refractivity contribution in [1.29, 1.82) is 5.26 Å². The van der Waals surface area contributed by atoms with E-state index in [9.17, 15) is 0 Å². The minimum absolute atomic E-state index is 0.736. The Balaban J connectivity index is 2.65. The van der Waals surface area contributed by atoms with Gasteiger partial charge in [-0.25, -0.2) is 0 Å². The van der Waals surface area contributed by atoms with E-state index in [0.29, 0.717) is 0 Å². The molecule has 0 amide bonds. The van der Waals surface area contributed by atoms with Gasteiger partial charge in [-0.15, -0.1) is 0 Å². The Morgan fingerprint density at radius 2 is 2.00 bits per heavy atom. The maximum atomic E-state index is 8.12. The van der Waals surface area contributed by atoms with Gasteiger partial charge in [0.2, 0.25) is 0 Å². The number of nitrogens with zero attached hydrogens (tertiary/aromatic N) is 1. The first-order chi connectivity index (χ1) is 3.91.